The fraction of sp³-hybridized carbons (Fsp3) is 0.316. The molecule has 0 spiro atoms. The molecule has 140 valence electrons. The van der Waals surface area contributed by atoms with Gasteiger partial charge in [0, 0.05) is 6.54 Å². The Kier molecular flexibility index (Phi) is 6.37. The second kappa shape index (κ2) is 8.31. The Hall–Kier alpha value is -2.41. The molecule has 0 bridgehead atoms. The van der Waals surface area contributed by atoms with E-state index in [1.54, 1.807) is 12.1 Å². The van der Waals surface area contributed by atoms with Gasteiger partial charge in [-0.2, -0.15) is 13.2 Å². The molecular weight excluding hydrogens is 348 g/mol. The van der Waals surface area contributed by atoms with Crippen LogP contribution in [-0.4, -0.2) is 31.4 Å². The van der Waals surface area contributed by atoms with Gasteiger partial charge in [-0.3, -0.25) is 4.79 Å². The number of likely N-dealkylation sites (N-methyl/N-ethyl adjacent to an activating group) is 1. The van der Waals surface area contributed by atoms with Crippen molar-refractivity contribution in [3.05, 3.63) is 71.0 Å². The van der Waals surface area contributed by atoms with Crippen molar-refractivity contribution in [2.75, 3.05) is 20.6 Å². The Bertz CT molecular complexity index is 725. The summed E-state index contributed by atoms with van der Waals surface area (Å²) in [5, 5.41) is 2.77. The van der Waals surface area contributed by atoms with Crippen molar-refractivity contribution in [1.82, 2.24) is 10.2 Å². The Morgan fingerprint density at radius 1 is 1.04 bits per heavy atom. The first-order valence-corrected chi connectivity index (χ1v) is 8.01. The molecule has 1 N–H and O–H groups in total. The van der Waals surface area contributed by atoms with Crippen LogP contribution in [0.15, 0.2) is 48.5 Å². The quantitative estimate of drug-likeness (QED) is 0.787. The number of carbonyl (C=O) groups is 1. The molecule has 0 aliphatic carbocycles. The maximum absolute atomic E-state index is 13.1. The molecule has 0 saturated heterocycles. The van der Waals surface area contributed by atoms with Crippen LogP contribution >= 0.6 is 0 Å². The smallest absolute Gasteiger partial charge is 0.354 e. The minimum absolute atomic E-state index is 0.0122. The summed E-state index contributed by atoms with van der Waals surface area (Å²) in [5.74, 6) is -0.628. The van der Waals surface area contributed by atoms with Gasteiger partial charge in [-0.05, 0) is 49.5 Å². The van der Waals surface area contributed by atoms with Crippen LogP contribution in [0.1, 0.15) is 22.7 Å². The molecule has 0 aliphatic heterocycles. The van der Waals surface area contributed by atoms with Gasteiger partial charge >= 0.3 is 6.18 Å². The predicted molar refractivity (Wildman–Crippen MR) is 91.0 cm³/mol. The van der Waals surface area contributed by atoms with Crippen molar-refractivity contribution in [2.24, 2.45) is 0 Å². The van der Waals surface area contributed by atoms with Crippen molar-refractivity contribution in [2.45, 2.75) is 18.6 Å². The summed E-state index contributed by atoms with van der Waals surface area (Å²) in [6.07, 6.45) is -4.41. The topological polar surface area (TPSA) is 32.3 Å². The van der Waals surface area contributed by atoms with Gasteiger partial charge < -0.3 is 10.2 Å². The summed E-state index contributed by atoms with van der Waals surface area (Å²) in [6, 6.07) is 10.4. The van der Waals surface area contributed by atoms with Crippen LogP contribution in [0.4, 0.5) is 17.6 Å². The SMILES string of the molecule is CN(C)C(CNC(=O)Cc1ccc(C(F)(F)F)cc1)c1ccc(F)cc1. The third-order valence-electron chi connectivity index (χ3n) is 4.02. The third kappa shape index (κ3) is 5.56. The Morgan fingerprint density at radius 3 is 2.12 bits per heavy atom. The number of nitrogens with zero attached hydrogens (tertiary/aromatic N) is 1. The lowest BCUT2D eigenvalue weighted by atomic mass is 10.1. The zero-order valence-corrected chi connectivity index (χ0v) is 14.5. The number of hydrogen-bond donors (Lipinski definition) is 1. The third-order valence-corrected chi connectivity index (χ3v) is 4.02. The fourth-order valence-corrected chi connectivity index (χ4v) is 2.55. The standard InChI is InChI=1S/C19H20F4N2O/c1-25(2)17(14-5-9-16(20)10-6-14)12-24-18(26)11-13-3-7-15(8-4-13)19(21,22)23/h3-10,17H,11-12H2,1-2H3,(H,24,26). The first-order valence-electron chi connectivity index (χ1n) is 8.01. The number of alkyl halides is 3. The van der Waals surface area contributed by atoms with E-state index in [0.717, 1.165) is 17.7 Å². The molecule has 0 fully saturated rings. The van der Waals surface area contributed by atoms with E-state index >= 15 is 0 Å². The predicted octanol–water partition coefficient (Wildman–Crippen LogP) is 3.81. The van der Waals surface area contributed by atoms with Crippen molar-refractivity contribution in [1.29, 1.82) is 0 Å². The van der Waals surface area contributed by atoms with E-state index in [4.69, 9.17) is 0 Å². The lowest BCUT2D eigenvalue weighted by Crippen LogP contribution is -2.35. The Balaban J connectivity index is 1.95. The molecule has 0 heterocycles. The molecule has 2 rings (SSSR count). The Labute approximate surface area is 149 Å². The summed E-state index contributed by atoms with van der Waals surface area (Å²) >= 11 is 0. The first kappa shape index (κ1) is 19.9. The molecule has 1 amide bonds. The molecule has 1 unspecified atom stereocenters. The Morgan fingerprint density at radius 2 is 1.62 bits per heavy atom. The van der Waals surface area contributed by atoms with Gasteiger partial charge in [-0.15, -0.1) is 0 Å². The second-order valence-electron chi connectivity index (χ2n) is 6.21. The van der Waals surface area contributed by atoms with Gasteiger partial charge in [0.15, 0.2) is 0 Å². The van der Waals surface area contributed by atoms with Crippen molar-refractivity contribution in [3.63, 3.8) is 0 Å². The monoisotopic (exact) mass is 368 g/mol. The maximum atomic E-state index is 13.1. The van der Waals surface area contributed by atoms with Crippen LogP contribution in [0.5, 0.6) is 0 Å². The van der Waals surface area contributed by atoms with Crippen molar-refractivity contribution < 1.29 is 22.4 Å². The van der Waals surface area contributed by atoms with Crippen LogP contribution in [0.2, 0.25) is 0 Å². The van der Waals surface area contributed by atoms with E-state index in [2.05, 4.69) is 5.32 Å². The van der Waals surface area contributed by atoms with E-state index in [1.165, 1.54) is 24.3 Å². The van der Waals surface area contributed by atoms with Gasteiger partial charge in [-0.25, -0.2) is 4.39 Å². The highest BCUT2D eigenvalue weighted by atomic mass is 19.4. The molecular formula is C19H20F4N2O. The van der Waals surface area contributed by atoms with Crippen LogP contribution < -0.4 is 5.32 Å². The number of hydrogen-bond acceptors (Lipinski definition) is 2. The van der Waals surface area contributed by atoms with E-state index in [0.29, 0.717) is 12.1 Å². The molecule has 0 aromatic heterocycles. The summed E-state index contributed by atoms with van der Waals surface area (Å²) in [7, 11) is 3.69. The summed E-state index contributed by atoms with van der Waals surface area (Å²) in [6.45, 7) is 0.304. The number of benzene rings is 2. The molecule has 0 radical (unpaired) electrons. The van der Waals surface area contributed by atoms with E-state index in [1.807, 2.05) is 19.0 Å². The molecule has 7 heteroatoms. The zero-order chi connectivity index (χ0) is 19.3. The molecule has 1 atom stereocenters. The normalized spacial score (nSPS) is 12.9. The highest BCUT2D eigenvalue weighted by Gasteiger charge is 2.30. The van der Waals surface area contributed by atoms with E-state index in [9.17, 15) is 22.4 Å². The molecule has 2 aromatic rings. The van der Waals surface area contributed by atoms with Gasteiger partial charge in [0.25, 0.3) is 0 Å². The number of amides is 1. The summed E-state index contributed by atoms with van der Waals surface area (Å²) < 4.78 is 50.7. The molecule has 0 saturated carbocycles. The number of nitrogens with one attached hydrogen (secondary N) is 1. The van der Waals surface area contributed by atoms with Gasteiger partial charge in [0.2, 0.25) is 5.91 Å². The van der Waals surface area contributed by atoms with Crippen LogP contribution in [-0.2, 0) is 17.4 Å². The second-order valence-corrected chi connectivity index (χ2v) is 6.21. The fourth-order valence-electron chi connectivity index (χ4n) is 2.55. The lowest BCUT2D eigenvalue weighted by molar-refractivity contribution is -0.137. The molecule has 3 nitrogen and oxygen atoms in total. The lowest BCUT2D eigenvalue weighted by Gasteiger charge is -2.25. The average Bonchev–Trinajstić information content (AvgIpc) is 2.56. The highest BCUT2D eigenvalue weighted by Crippen LogP contribution is 2.29. The van der Waals surface area contributed by atoms with Gasteiger partial charge in [0.1, 0.15) is 5.82 Å². The highest BCUT2D eigenvalue weighted by molar-refractivity contribution is 5.78. The van der Waals surface area contributed by atoms with Crippen LogP contribution in [0, 0.1) is 5.82 Å². The van der Waals surface area contributed by atoms with Gasteiger partial charge in [-0.1, -0.05) is 24.3 Å². The zero-order valence-electron chi connectivity index (χ0n) is 14.5. The molecule has 0 aliphatic rings. The molecule has 26 heavy (non-hydrogen) atoms. The minimum Gasteiger partial charge on any atom is -0.354 e. The number of carbonyl (C=O) groups excluding carboxylic acids is 1. The van der Waals surface area contributed by atoms with Gasteiger partial charge in [0.05, 0.1) is 18.0 Å². The summed E-state index contributed by atoms with van der Waals surface area (Å²) in [4.78, 5) is 14.0. The average molecular weight is 368 g/mol. The summed E-state index contributed by atoms with van der Waals surface area (Å²) in [5.41, 5.74) is 0.607. The maximum Gasteiger partial charge on any atom is 0.416 e. The molecule has 2 aromatic carbocycles. The van der Waals surface area contributed by atoms with Crippen molar-refractivity contribution in [3.8, 4) is 0 Å². The largest absolute Gasteiger partial charge is 0.416 e. The number of rotatable bonds is 6. The van der Waals surface area contributed by atoms with E-state index < -0.39 is 11.7 Å². The van der Waals surface area contributed by atoms with E-state index in [-0.39, 0.29) is 24.2 Å². The number of halogens is 4. The van der Waals surface area contributed by atoms with Crippen molar-refractivity contribution >= 4 is 5.91 Å². The van der Waals surface area contributed by atoms with Crippen LogP contribution in [0.25, 0.3) is 0 Å². The first-order chi connectivity index (χ1) is 12.2. The van der Waals surface area contributed by atoms with Crippen LogP contribution in [0.3, 0.4) is 0 Å². The minimum atomic E-state index is -4.39.